The van der Waals surface area contributed by atoms with Gasteiger partial charge in [-0.25, -0.2) is 9.97 Å². The number of ether oxygens (including phenoxy) is 1. The van der Waals surface area contributed by atoms with E-state index in [1.54, 1.807) is 24.2 Å². The number of nitrogens with zero attached hydrogens (tertiary/aromatic N) is 2. The standard InChI is InChI=1S/C13H19N3OS/c14-11-12(16-7-6-15-11)18-10-3-8-17-13(9-10)4-1-2-5-13/h6-7,10H,1-5,8-9H2,(H2,14,15). The average Bonchev–Trinajstić information content (AvgIpc) is 2.80. The van der Waals surface area contributed by atoms with E-state index in [9.17, 15) is 0 Å². The Morgan fingerprint density at radius 1 is 1.28 bits per heavy atom. The summed E-state index contributed by atoms with van der Waals surface area (Å²) >= 11 is 1.77. The number of hydrogen-bond acceptors (Lipinski definition) is 5. The van der Waals surface area contributed by atoms with Crippen LogP contribution in [0.1, 0.15) is 38.5 Å². The molecule has 1 aliphatic heterocycles. The highest BCUT2D eigenvalue weighted by Gasteiger charge is 2.40. The first-order valence-corrected chi connectivity index (χ1v) is 7.53. The zero-order chi connectivity index (χ0) is 12.4. The summed E-state index contributed by atoms with van der Waals surface area (Å²) in [7, 11) is 0. The zero-order valence-corrected chi connectivity index (χ0v) is 11.3. The normalized spacial score (nSPS) is 26.6. The average molecular weight is 265 g/mol. The van der Waals surface area contributed by atoms with Crippen molar-refractivity contribution in [3.8, 4) is 0 Å². The highest BCUT2D eigenvalue weighted by Crippen LogP contribution is 2.44. The molecule has 0 aromatic carbocycles. The number of nitrogen functional groups attached to an aromatic ring is 1. The van der Waals surface area contributed by atoms with Crippen molar-refractivity contribution >= 4 is 17.6 Å². The van der Waals surface area contributed by atoms with Crippen LogP contribution in [0.4, 0.5) is 5.82 Å². The van der Waals surface area contributed by atoms with Crippen LogP contribution in [0, 0.1) is 0 Å². The number of nitrogens with two attached hydrogens (primary N) is 1. The van der Waals surface area contributed by atoms with Crippen molar-refractivity contribution in [3.05, 3.63) is 12.4 Å². The molecular weight excluding hydrogens is 246 g/mol. The molecule has 98 valence electrons. The second-order valence-electron chi connectivity index (χ2n) is 5.22. The molecule has 1 aromatic heterocycles. The van der Waals surface area contributed by atoms with Crippen LogP contribution in [0.25, 0.3) is 0 Å². The van der Waals surface area contributed by atoms with Crippen LogP contribution in [0.3, 0.4) is 0 Å². The number of anilines is 1. The summed E-state index contributed by atoms with van der Waals surface area (Å²) in [6, 6.07) is 0. The summed E-state index contributed by atoms with van der Waals surface area (Å²) in [5.74, 6) is 0.550. The van der Waals surface area contributed by atoms with Crippen LogP contribution in [0.5, 0.6) is 0 Å². The van der Waals surface area contributed by atoms with E-state index in [1.807, 2.05) is 0 Å². The summed E-state index contributed by atoms with van der Waals surface area (Å²) in [4.78, 5) is 8.42. The van der Waals surface area contributed by atoms with Crippen molar-refractivity contribution < 1.29 is 4.74 Å². The van der Waals surface area contributed by atoms with E-state index < -0.39 is 0 Å². The van der Waals surface area contributed by atoms with E-state index in [-0.39, 0.29) is 5.60 Å². The third-order valence-corrected chi connectivity index (χ3v) is 5.21. The van der Waals surface area contributed by atoms with Gasteiger partial charge in [-0.3, -0.25) is 0 Å². The number of hydrogen-bond donors (Lipinski definition) is 1. The Kier molecular flexibility index (Phi) is 3.43. The summed E-state index contributed by atoms with van der Waals surface area (Å²) < 4.78 is 6.04. The Labute approximate surface area is 112 Å². The van der Waals surface area contributed by atoms with Crippen LogP contribution in [0.2, 0.25) is 0 Å². The number of thioether (sulfide) groups is 1. The van der Waals surface area contributed by atoms with Gasteiger partial charge in [-0.2, -0.15) is 0 Å². The SMILES string of the molecule is Nc1nccnc1SC1CCOC2(CCCC2)C1. The van der Waals surface area contributed by atoms with Crippen LogP contribution in [-0.2, 0) is 4.74 Å². The van der Waals surface area contributed by atoms with Crippen molar-refractivity contribution in [1.82, 2.24) is 9.97 Å². The molecule has 1 aliphatic carbocycles. The molecule has 18 heavy (non-hydrogen) atoms. The van der Waals surface area contributed by atoms with Crippen molar-refractivity contribution in [1.29, 1.82) is 0 Å². The van der Waals surface area contributed by atoms with Crippen LogP contribution < -0.4 is 5.73 Å². The van der Waals surface area contributed by atoms with Gasteiger partial charge in [0.15, 0.2) is 5.82 Å². The van der Waals surface area contributed by atoms with E-state index in [0.717, 1.165) is 24.5 Å². The summed E-state index contributed by atoms with van der Waals surface area (Å²) in [6.45, 7) is 0.873. The van der Waals surface area contributed by atoms with Gasteiger partial charge in [0.05, 0.1) is 5.60 Å². The van der Waals surface area contributed by atoms with Gasteiger partial charge in [0, 0.05) is 24.3 Å². The third-order valence-electron chi connectivity index (χ3n) is 3.93. The van der Waals surface area contributed by atoms with E-state index in [0.29, 0.717) is 11.1 Å². The molecule has 1 spiro atoms. The minimum absolute atomic E-state index is 0.160. The predicted octanol–water partition coefficient (Wildman–Crippen LogP) is 2.64. The third kappa shape index (κ3) is 2.47. The summed E-state index contributed by atoms with van der Waals surface area (Å²) in [5, 5.41) is 1.44. The van der Waals surface area contributed by atoms with Gasteiger partial charge in [-0.1, -0.05) is 24.6 Å². The fourth-order valence-electron chi connectivity index (χ4n) is 3.04. The van der Waals surface area contributed by atoms with Crippen molar-refractivity contribution in [2.24, 2.45) is 0 Å². The predicted molar refractivity (Wildman–Crippen MR) is 72.5 cm³/mol. The molecule has 2 aliphatic rings. The Hall–Kier alpha value is -0.810. The molecule has 1 saturated carbocycles. The highest BCUT2D eigenvalue weighted by atomic mass is 32.2. The van der Waals surface area contributed by atoms with E-state index >= 15 is 0 Å². The molecule has 0 radical (unpaired) electrons. The Morgan fingerprint density at radius 2 is 2.06 bits per heavy atom. The van der Waals surface area contributed by atoms with Crippen LogP contribution >= 0.6 is 11.8 Å². The Morgan fingerprint density at radius 3 is 2.83 bits per heavy atom. The Bertz CT molecular complexity index is 420. The molecule has 4 nitrogen and oxygen atoms in total. The monoisotopic (exact) mass is 265 g/mol. The van der Waals surface area contributed by atoms with Crippen molar-refractivity contribution in [3.63, 3.8) is 0 Å². The van der Waals surface area contributed by atoms with Gasteiger partial charge in [0.1, 0.15) is 5.03 Å². The minimum Gasteiger partial charge on any atom is -0.381 e. The topological polar surface area (TPSA) is 61.0 Å². The molecule has 1 atom stereocenters. The van der Waals surface area contributed by atoms with E-state index in [1.165, 1.54) is 25.7 Å². The molecule has 2 heterocycles. The lowest BCUT2D eigenvalue weighted by Crippen LogP contribution is -2.38. The fourth-order valence-corrected chi connectivity index (χ4v) is 4.25. The maximum atomic E-state index is 6.04. The molecule has 1 unspecified atom stereocenters. The van der Waals surface area contributed by atoms with Gasteiger partial charge in [0.25, 0.3) is 0 Å². The van der Waals surface area contributed by atoms with Gasteiger partial charge < -0.3 is 10.5 Å². The molecule has 2 N–H and O–H groups in total. The molecule has 0 amide bonds. The highest BCUT2D eigenvalue weighted by molar-refractivity contribution is 8.00. The summed E-state index contributed by atoms with van der Waals surface area (Å²) in [5.41, 5.74) is 6.02. The zero-order valence-electron chi connectivity index (χ0n) is 10.5. The number of aromatic nitrogens is 2. The van der Waals surface area contributed by atoms with Crippen LogP contribution in [0.15, 0.2) is 17.4 Å². The van der Waals surface area contributed by atoms with Crippen molar-refractivity contribution in [2.75, 3.05) is 12.3 Å². The van der Waals surface area contributed by atoms with Gasteiger partial charge in [0.2, 0.25) is 0 Å². The first-order valence-electron chi connectivity index (χ1n) is 6.65. The number of rotatable bonds is 2. The van der Waals surface area contributed by atoms with Gasteiger partial charge >= 0.3 is 0 Å². The molecule has 5 heteroatoms. The fraction of sp³-hybridized carbons (Fsp3) is 0.692. The maximum Gasteiger partial charge on any atom is 0.156 e. The molecule has 3 rings (SSSR count). The summed E-state index contributed by atoms with van der Waals surface area (Å²) in [6.07, 6.45) is 10.6. The van der Waals surface area contributed by atoms with Crippen LogP contribution in [-0.4, -0.2) is 27.4 Å². The van der Waals surface area contributed by atoms with Crippen molar-refractivity contribution in [2.45, 2.75) is 54.4 Å². The van der Waals surface area contributed by atoms with Gasteiger partial charge in [-0.05, 0) is 25.7 Å². The molecule has 2 fully saturated rings. The molecule has 1 aromatic rings. The largest absolute Gasteiger partial charge is 0.381 e. The molecular formula is C13H19N3OS. The van der Waals surface area contributed by atoms with Gasteiger partial charge in [-0.15, -0.1) is 0 Å². The van der Waals surface area contributed by atoms with E-state index in [4.69, 9.17) is 10.5 Å². The first-order chi connectivity index (χ1) is 8.77. The van der Waals surface area contributed by atoms with E-state index in [2.05, 4.69) is 9.97 Å². The lowest BCUT2D eigenvalue weighted by Gasteiger charge is -2.37. The first kappa shape index (κ1) is 12.2. The second-order valence-corrected chi connectivity index (χ2v) is 6.51. The Balaban J connectivity index is 1.68. The lowest BCUT2D eigenvalue weighted by atomic mass is 9.92. The molecule has 1 saturated heterocycles. The second kappa shape index (κ2) is 5.05. The minimum atomic E-state index is 0.160. The lowest BCUT2D eigenvalue weighted by molar-refractivity contribution is -0.0704. The smallest absolute Gasteiger partial charge is 0.156 e. The quantitative estimate of drug-likeness (QED) is 0.890. The maximum absolute atomic E-state index is 6.04. The molecule has 0 bridgehead atoms.